The molecule has 1 aliphatic heterocycles. The highest BCUT2D eigenvalue weighted by Gasteiger charge is 2.40. The zero-order valence-corrected chi connectivity index (χ0v) is 19.4. The fourth-order valence-corrected chi connectivity index (χ4v) is 3.68. The van der Waals surface area contributed by atoms with Gasteiger partial charge in [-0.25, -0.2) is 4.90 Å². The molecule has 0 aromatic heterocycles. The van der Waals surface area contributed by atoms with Gasteiger partial charge in [0.15, 0.2) is 0 Å². The van der Waals surface area contributed by atoms with E-state index in [-0.39, 0.29) is 17.5 Å². The number of ether oxygens (including phenoxy) is 1. The lowest BCUT2D eigenvalue weighted by Crippen LogP contribution is -2.32. The van der Waals surface area contributed by atoms with Gasteiger partial charge in [-0.1, -0.05) is 55.8 Å². The van der Waals surface area contributed by atoms with E-state index in [1.54, 1.807) is 6.07 Å². The van der Waals surface area contributed by atoms with Gasteiger partial charge in [0.25, 0.3) is 11.8 Å². The van der Waals surface area contributed by atoms with Crippen LogP contribution in [0.4, 0.5) is 11.4 Å². The van der Waals surface area contributed by atoms with Gasteiger partial charge in [-0.15, -0.1) is 0 Å². The number of imide groups is 1. The van der Waals surface area contributed by atoms with E-state index in [9.17, 15) is 9.59 Å². The molecule has 3 aromatic rings. The number of hydrogen-bond donors (Lipinski definition) is 1. The number of hydrogen-bond acceptors (Lipinski definition) is 4. The third kappa shape index (κ3) is 4.82. The normalized spacial score (nSPS) is 13.8. The second-order valence-electron chi connectivity index (χ2n) is 8.75. The fraction of sp³-hybridized carbons (Fsp3) is 0.214. The van der Waals surface area contributed by atoms with E-state index >= 15 is 0 Å². The quantitative estimate of drug-likeness (QED) is 0.476. The number of aryl methyl sites for hydroxylation is 2. The lowest BCUT2D eigenvalue weighted by Gasteiger charge is -2.16. The van der Waals surface area contributed by atoms with Gasteiger partial charge >= 0.3 is 0 Å². The van der Waals surface area contributed by atoms with Gasteiger partial charge in [-0.2, -0.15) is 0 Å². The van der Waals surface area contributed by atoms with Crippen molar-refractivity contribution in [2.24, 2.45) is 5.92 Å². The number of nitrogens with zero attached hydrogens (tertiary/aromatic N) is 1. The Morgan fingerprint density at radius 2 is 1.55 bits per heavy atom. The van der Waals surface area contributed by atoms with Crippen LogP contribution in [0, 0.1) is 19.8 Å². The number of amides is 2. The SMILES string of the molecule is Cc1ccc(NC2=C(c3ccc(OCC(C)C)cc3)C(=O)N(c3cccc(C)c3)C2=O)cc1. The van der Waals surface area contributed by atoms with Crippen molar-refractivity contribution < 1.29 is 14.3 Å². The average molecular weight is 441 g/mol. The number of anilines is 2. The molecule has 5 heteroatoms. The van der Waals surface area contributed by atoms with Crippen LogP contribution < -0.4 is 15.0 Å². The summed E-state index contributed by atoms with van der Waals surface area (Å²) in [5.41, 5.74) is 4.66. The zero-order chi connectivity index (χ0) is 23.5. The average Bonchev–Trinajstić information content (AvgIpc) is 3.03. The van der Waals surface area contributed by atoms with Crippen LogP contribution in [0.2, 0.25) is 0 Å². The first-order chi connectivity index (χ1) is 15.8. The summed E-state index contributed by atoms with van der Waals surface area (Å²) in [6, 6.07) is 22.4. The summed E-state index contributed by atoms with van der Waals surface area (Å²) in [6.45, 7) is 8.72. The fourth-order valence-electron chi connectivity index (χ4n) is 3.68. The van der Waals surface area contributed by atoms with Crippen molar-refractivity contribution in [3.05, 3.63) is 95.2 Å². The molecule has 0 aliphatic carbocycles. The summed E-state index contributed by atoms with van der Waals surface area (Å²) in [6.07, 6.45) is 0. The first-order valence-electron chi connectivity index (χ1n) is 11.1. The van der Waals surface area contributed by atoms with Gasteiger partial charge in [0.1, 0.15) is 11.4 Å². The summed E-state index contributed by atoms with van der Waals surface area (Å²) < 4.78 is 5.78. The van der Waals surface area contributed by atoms with E-state index < -0.39 is 0 Å². The van der Waals surface area contributed by atoms with E-state index in [0.717, 1.165) is 22.6 Å². The Morgan fingerprint density at radius 3 is 2.18 bits per heavy atom. The molecule has 0 radical (unpaired) electrons. The largest absolute Gasteiger partial charge is 0.493 e. The van der Waals surface area contributed by atoms with E-state index in [2.05, 4.69) is 19.2 Å². The van der Waals surface area contributed by atoms with Crippen LogP contribution in [0.3, 0.4) is 0 Å². The Hall–Kier alpha value is -3.86. The maximum atomic E-state index is 13.6. The number of carbonyl (C=O) groups excluding carboxylic acids is 2. The Bertz CT molecular complexity index is 1210. The van der Waals surface area contributed by atoms with Gasteiger partial charge in [0.05, 0.1) is 17.9 Å². The Kier molecular flexibility index (Phi) is 6.31. The maximum Gasteiger partial charge on any atom is 0.282 e. The highest BCUT2D eigenvalue weighted by Crippen LogP contribution is 2.34. The van der Waals surface area contributed by atoms with Gasteiger partial charge in [0.2, 0.25) is 0 Å². The first-order valence-corrected chi connectivity index (χ1v) is 11.1. The van der Waals surface area contributed by atoms with Gasteiger partial charge < -0.3 is 10.1 Å². The molecule has 1 heterocycles. The van der Waals surface area contributed by atoms with Crippen LogP contribution in [0.25, 0.3) is 5.57 Å². The molecule has 168 valence electrons. The van der Waals surface area contributed by atoms with Crippen LogP contribution in [-0.4, -0.2) is 18.4 Å². The topological polar surface area (TPSA) is 58.6 Å². The van der Waals surface area contributed by atoms with Gasteiger partial charge in [-0.3, -0.25) is 9.59 Å². The predicted molar refractivity (Wildman–Crippen MR) is 132 cm³/mol. The molecule has 0 saturated carbocycles. The number of nitrogens with one attached hydrogen (secondary N) is 1. The molecule has 0 bridgehead atoms. The summed E-state index contributed by atoms with van der Waals surface area (Å²) >= 11 is 0. The molecular weight excluding hydrogens is 412 g/mol. The number of carbonyl (C=O) groups is 2. The van der Waals surface area contributed by atoms with Gasteiger partial charge in [-0.05, 0) is 67.3 Å². The Balaban J connectivity index is 1.74. The van der Waals surface area contributed by atoms with E-state index in [1.807, 2.05) is 80.6 Å². The van der Waals surface area contributed by atoms with Crippen LogP contribution in [0.1, 0.15) is 30.5 Å². The molecule has 0 unspecified atom stereocenters. The molecule has 5 nitrogen and oxygen atoms in total. The number of rotatable bonds is 7. The molecule has 2 amide bonds. The molecular formula is C28H28N2O3. The van der Waals surface area contributed by atoms with Crippen LogP contribution in [0.15, 0.2) is 78.5 Å². The maximum absolute atomic E-state index is 13.6. The van der Waals surface area contributed by atoms with E-state index in [0.29, 0.717) is 29.3 Å². The lowest BCUT2D eigenvalue weighted by atomic mass is 10.0. The van der Waals surface area contributed by atoms with Crippen LogP contribution >= 0.6 is 0 Å². The molecule has 0 atom stereocenters. The Morgan fingerprint density at radius 1 is 0.848 bits per heavy atom. The van der Waals surface area contributed by atoms with Crippen molar-refractivity contribution in [1.29, 1.82) is 0 Å². The molecule has 4 rings (SSSR count). The zero-order valence-electron chi connectivity index (χ0n) is 19.4. The molecule has 33 heavy (non-hydrogen) atoms. The first kappa shape index (κ1) is 22.3. The monoisotopic (exact) mass is 440 g/mol. The predicted octanol–water partition coefficient (Wildman–Crippen LogP) is 5.73. The van der Waals surface area contributed by atoms with E-state index in [1.165, 1.54) is 4.90 Å². The summed E-state index contributed by atoms with van der Waals surface area (Å²) in [7, 11) is 0. The standard InChI is InChI=1S/C28H28N2O3/c1-18(2)17-33-24-14-10-21(11-15-24)25-26(29-22-12-8-19(3)9-13-22)28(32)30(27(25)31)23-7-5-6-20(4)16-23/h5-16,18,29H,17H2,1-4H3. The van der Waals surface area contributed by atoms with E-state index in [4.69, 9.17) is 4.74 Å². The highest BCUT2D eigenvalue weighted by atomic mass is 16.5. The molecule has 0 fully saturated rings. The molecule has 3 aromatic carbocycles. The second-order valence-corrected chi connectivity index (χ2v) is 8.75. The molecule has 0 saturated heterocycles. The van der Waals surface area contributed by atoms with Crippen molar-refractivity contribution in [3.8, 4) is 5.75 Å². The lowest BCUT2D eigenvalue weighted by molar-refractivity contribution is -0.120. The second kappa shape index (κ2) is 9.33. The van der Waals surface area contributed by atoms with Crippen molar-refractivity contribution >= 4 is 28.8 Å². The minimum Gasteiger partial charge on any atom is -0.493 e. The molecule has 1 N–H and O–H groups in total. The number of benzene rings is 3. The third-order valence-corrected chi connectivity index (χ3v) is 5.39. The van der Waals surface area contributed by atoms with Crippen molar-refractivity contribution in [1.82, 2.24) is 0 Å². The summed E-state index contributed by atoms with van der Waals surface area (Å²) in [5.74, 6) is 0.417. The smallest absolute Gasteiger partial charge is 0.282 e. The molecule has 1 aliphatic rings. The van der Waals surface area contributed by atoms with Crippen LogP contribution in [-0.2, 0) is 9.59 Å². The van der Waals surface area contributed by atoms with Crippen molar-refractivity contribution in [3.63, 3.8) is 0 Å². The van der Waals surface area contributed by atoms with Crippen LogP contribution in [0.5, 0.6) is 5.75 Å². The van der Waals surface area contributed by atoms with Crippen molar-refractivity contribution in [2.75, 3.05) is 16.8 Å². The summed E-state index contributed by atoms with van der Waals surface area (Å²) in [5, 5.41) is 3.20. The Labute approximate surface area is 194 Å². The third-order valence-electron chi connectivity index (χ3n) is 5.39. The summed E-state index contributed by atoms with van der Waals surface area (Å²) in [4.78, 5) is 28.3. The van der Waals surface area contributed by atoms with Gasteiger partial charge in [0, 0.05) is 5.69 Å². The highest BCUT2D eigenvalue weighted by molar-refractivity contribution is 6.46. The minimum atomic E-state index is -0.374. The van der Waals surface area contributed by atoms with Crippen molar-refractivity contribution in [2.45, 2.75) is 27.7 Å². The minimum absolute atomic E-state index is 0.265. The molecule has 0 spiro atoms.